The molecule has 2 heterocycles. The molecule has 2 aromatic rings. The second-order valence-corrected chi connectivity index (χ2v) is 8.15. The molecule has 7 heteroatoms. The lowest BCUT2D eigenvalue weighted by molar-refractivity contribution is -0.139. The van der Waals surface area contributed by atoms with Crippen LogP contribution in [0.25, 0.3) is 0 Å². The van der Waals surface area contributed by atoms with Crippen LogP contribution in [0.3, 0.4) is 0 Å². The van der Waals surface area contributed by atoms with E-state index in [1.54, 1.807) is 16.2 Å². The van der Waals surface area contributed by atoms with Crippen molar-refractivity contribution < 1.29 is 18.4 Å². The van der Waals surface area contributed by atoms with Crippen LogP contribution >= 0.6 is 11.3 Å². The average molecular weight is 392 g/mol. The first kappa shape index (κ1) is 19.5. The molecular formula is C20H22F2N2O2S. The first-order valence-corrected chi connectivity index (χ1v) is 9.78. The number of rotatable bonds is 5. The number of carbonyl (C=O) groups excluding carboxylic acids is 2. The molecule has 1 N–H and O–H groups in total. The Labute approximate surface area is 161 Å². The van der Waals surface area contributed by atoms with Crippen molar-refractivity contribution in [1.82, 2.24) is 10.2 Å². The van der Waals surface area contributed by atoms with Gasteiger partial charge in [0.05, 0.1) is 6.42 Å². The summed E-state index contributed by atoms with van der Waals surface area (Å²) in [5.41, 5.74) is -0.354. The summed E-state index contributed by atoms with van der Waals surface area (Å²) in [7, 11) is 0. The van der Waals surface area contributed by atoms with Crippen LogP contribution in [-0.2, 0) is 22.6 Å². The Morgan fingerprint density at radius 1 is 1.22 bits per heavy atom. The van der Waals surface area contributed by atoms with Crippen LogP contribution in [0.15, 0.2) is 35.7 Å². The lowest BCUT2D eigenvalue weighted by atomic mass is 9.79. The number of thiophene rings is 1. The Kier molecular flexibility index (Phi) is 5.89. The van der Waals surface area contributed by atoms with Gasteiger partial charge in [0.1, 0.15) is 11.6 Å². The fraction of sp³-hybridized carbons (Fsp3) is 0.400. The SMILES string of the molecule is CC1(C(=O)NCc2ccc(F)cc2F)CCN(C(=O)Cc2cccs2)CC1. The molecular weight excluding hydrogens is 370 g/mol. The third-order valence-corrected chi connectivity index (χ3v) is 6.00. The van der Waals surface area contributed by atoms with E-state index in [-0.39, 0.29) is 23.9 Å². The highest BCUT2D eigenvalue weighted by Gasteiger charge is 2.37. The van der Waals surface area contributed by atoms with Crippen molar-refractivity contribution in [1.29, 1.82) is 0 Å². The highest BCUT2D eigenvalue weighted by atomic mass is 32.1. The molecule has 1 saturated heterocycles. The van der Waals surface area contributed by atoms with Crippen molar-refractivity contribution in [2.75, 3.05) is 13.1 Å². The molecule has 0 spiro atoms. The van der Waals surface area contributed by atoms with Crippen molar-refractivity contribution >= 4 is 23.2 Å². The van der Waals surface area contributed by atoms with Gasteiger partial charge in [-0.05, 0) is 30.4 Å². The van der Waals surface area contributed by atoms with Crippen LogP contribution in [0, 0.1) is 17.0 Å². The first-order chi connectivity index (χ1) is 12.9. The van der Waals surface area contributed by atoms with Gasteiger partial charge in [0.15, 0.2) is 0 Å². The third kappa shape index (κ3) is 4.71. The number of likely N-dealkylation sites (tertiary alicyclic amines) is 1. The highest BCUT2D eigenvalue weighted by Crippen LogP contribution is 2.31. The van der Waals surface area contributed by atoms with E-state index in [1.807, 2.05) is 24.4 Å². The highest BCUT2D eigenvalue weighted by molar-refractivity contribution is 7.10. The van der Waals surface area contributed by atoms with E-state index in [9.17, 15) is 18.4 Å². The van der Waals surface area contributed by atoms with E-state index in [1.165, 1.54) is 12.1 Å². The second kappa shape index (κ2) is 8.17. The van der Waals surface area contributed by atoms with Crippen LogP contribution in [0.2, 0.25) is 0 Å². The predicted molar refractivity (Wildman–Crippen MR) is 100 cm³/mol. The zero-order chi connectivity index (χ0) is 19.4. The number of carbonyl (C=O) groups is 2. The molecule has 1 aliphatic rings. The fourth-order valence-corrected chi connectivity index (χ4v) is 3.90. The summed E-state index contributed by atoms with van der Waals surface area (Å²) in [5.74, 6) is -1.41. The lowest BCUT2D eigenvalue weighted by Gasteiger charge is -2.38. The van der Waals surface area contributed by atoms with Crippen molar-refractivity contribution in [2.24, 2.45) is 5.41 Å². The van der Waals surface area contributed by atoms with Gasteiger partial charge in [-0.1, -0.05) is 19.1 Å². The number of nitrogens with zero attached hydrogens (tertiary/aromatic N) is 1. The van der Waals surface area contributed by atoms with Gasteiger partial charge in [0, 0.05) is 41.6 Å². The molecule has 1 aliphatic heterocycles. The number of halogens is 2. The van der Waals surface area contributed by atoms with Gasteiger partial charge in [-0.15, -0.1) is 11.3 Å². The summed E-state index contributed by atoms with van der Waals surface area (Å²) in [4.78, 5) is 27.8. The van der Waals surface area contributed by atoms with Gasteiger partial charge < -0.3 is 10.2 Å². The number of amides is 2. The molecule has 27 heavy (non-hydrogen) atoms. The molecule has 1 fully saturated rings. The maximum atomic E-state index is 13.7. The fourth-order valence-electron chi connectivity index (χ4n) is 3.20. The largest absolute Gasteiger partial charge is 0.351 e. The minimum atomic E-state index is -0.672. The summed E-state index contributed by atoms with van der Waals surface area (Å²) in [5, 5.41) is 4.70. The smallest absolute Gasteiger partial charge is 0.227 e. The maximum absolute atomic E-state index is 13.7. The summed E-state index contributed by atoms with van der Waals surface area (Å²) in [6.45, 7) is 2.93. The monoisotopic (exact) mass is 392 g/mol. The van der Waals surface area contributed by atoms with Gasteiger partial charge in [0.2, 0.25) is 11.8 Å². The third-order valence-electron chi connectivity index (χ3n) is 5.13. The molecule has 4 nitrogen and oxygen atoms in total. The molecule has 0 radical (unpaired) electrons. The van der Waals surface area contributed by atoms with Gasteiger partial charge in [0.25, 0.3) is 0 Å². The van der Waals surface area contributed by atoms with E-state index < -0.39 is 17.0 Å². The molecule has 0 aliphatic carbocycles. The van der Waals surface area contributed by atoms with Crippen LogP contribution in [0.5, 0.6) is 0 Å². The molecule has 1 aromatic carbocycles. The molecule has 0 unspecified atom stereocenters. The predicted octanol–water partition coefficient (Wildman–Crippen LogP) is 3.51. The number of piperidine rings is 1. The molecule has 0 saturated carbocycles. The van der Waals surface area contributed by atoms with Crippen molar-refractivity contribution in [3.63, 3.8) is 0 Å². The summed E-state index contributed by atoms with van der Waals surface area (Å²) >= 11 is 1.56. The lowest BCUT2D eigenvalue weighted by Crippen LogP contribution is -2.49. The minimum Gasteiger partial charge on any atom is -0.351 e. The van der Waals surface area contributed by atoms with E-state index in [2.05, 4.69) is 5.32 Å². The van der Waals surface area contributed by atoms with Crippen LogP contribution in [-0.4, -0.2) is 29.8 Å². The van der Waals surface area contributed by atoms with Crippen LogP contribution in [0.1, 0.15) is 30.2 Å². The van der Waals surface area contributed by atoms with Crippen LogP contribution in [0.4, 0.5) is 8.78 Å². The van der Waals surface area contributed by atoms with Crippen molar-refractivity contribution in [2.45, 2.75) is 32.7 Å². The minimum absolute atomic E-state index is 0.0154. The Morgan fingerprint density at radius 2 is 1.96 bits per heavy atom. The number of nitrogens with one attached hydrogen (secondary N) is 1. The Hall–Kier alpha value is -2.28. The molecule has 2 amide bonds. The number of benzene rings is 1. The Bertz CT molecular complexity index is 815. The van der Waals surface area contributed by atoms with E-state index in [0.29, 0.717) is 32.4 Å². The van der Waals surface area contributed by atoms with Gasteiger partial charge >= 0.3 is 0 Å². The van der Waals surface area contributed by atoms with Gasteiger partial charge in [-0.3, -0.25) is 9.59 Å². The summed E-state index contributed by atoms with van der Waals surface area (Å²) < 4.78 is 26.7. The standard InChI is InChI=1S/C20H22F2N2O2S/c1-20(19(26)23-13-14-4-5-15(21)11-17(14)22)6-8-24(9-7-20)18(25)12-16-3-2-10-27-16/h2-5,10-11H,6-9,12-13H2,1H3,(H,23,26). The van der Waals surface area contributed by atoms with Crippen molar-refractivity contribution in [3.05, 3.63) is 57.8 Å². The molecule has 144 valence electrons. The van der Waals surface area contributed by atoms with E-state index >= 15 is 0 Å². The Balaban J connectivity index is 1.51. The Morgan fingerprint density at radius 3 is 2.59 bits per heavy atom. The van der Waals surface area contributed by atoms with Gasteiger partial charge in [-0.2, -0.15) is 0 Å². The first-order valence-electron chi connectivity index (χ1n) is 8.90. The maximum Gasteiger partial charge on any atom is 0.227 e. The number of hydrogen-bond donors (Lipinski definition) is 1. The average Bonchev–Trinajstić information content (AvgIpc) is 3.14. The molecule has 3 rings (SSSR count). The summed E-state index contributed by atoms with van der Waals surface area (Å²) in [6, 6.07) is 7.18. The quantitative estimate of drug-likeness (QED) is 0.847. The zero-order valence-corrected chi connectivity index (χ0v) is 16.0. The van der Waals surface area contributed by atoms with Crippen molar-refractivity contribution in [3.8, 4) is 0 Å². The van der Waals surface area contributed by atoms with Gasteiger partial charge in [-0.25, -0.2) is 8.78 Å². The number of hydrogen-bond acceptors (Lipinski definition) is 3. The zero-order valence-electron chi connectivity index (χ0n) is 15.1. The van der Waals surface area contributed by atoms with E-state index in [4.69, 9.17) is 0 Å². The summed E-state index contributed by atoms with van der Waals surface area (Å²) in [6.07, 6.45) is 1.51. The molecule has 0 atom stereocenters. The topological polar surface area (TPSA) is 49.4 Å². The second-order valence-electron chi connectivity index (χ2n) is 7.12. The molecule has 1 aromatic heterocycles. The normalized spacial score (nSPS) is 16.2. The molecule has 0 bridgehead atoms. The van der Waals surface area contributed by atoms with Crippen LogP contribution < -0.4 is 5.32 Å². The van der Waals surface area contributed by atoms with E-state index in [0.717, 1.165) is 10.9 Å².